The average Bonchev–Trinajstić information content (AvgIpc) is 3.29. The van der Waals surface area contributed by atoms with Crippen LogP contribution >= 0.6 is 15.9 Å². The van der Waals surface area contributed by atoms with Crippen molar-refractivity contribution in [2.24, 2.45) is 29.6 Å². The molecule has 7 unspecified atom stereocenters. The van der Waals surface area contributed by atoms with Crippen molar-refractivity contribution in [2.75, 3.05) is 0 Å². The molecule has 3 fully saturated rings. The summed E-state index contributed by atoms with van der Waals surface area (Å²) in [6, 6.07) is 18.7. The highest BCUT2D eigenvalue weighted by molar-refractivity contribution is 9.09. The van der Waals surface area contributed by atoms with Crippen LogP contribution in [-0.2, 0) is 0 Å². The van der Waals surface area contributed by atoms with E-state index in [0.29, 0.717) is 5.54 Å². The van der Waals surface area contributed by atoms with Crippen LogP contribution in [-0.4, -0.2) is 12.9 Å². The lowest BCUT2D eigenvalue weighted by Gasteiger charge is -2.49. The topological polar surface area (TPSA) is 0 Å². The lowest BCUT2D eigenvalue weighted by atomic mass is 9.64. The molecule has 0 bridgehead atoms. The molecule has 0 saturated heterocycles. The third kappa shape index (κ3) is 3.03. The maximum absolute atomic E-state index is 4.31. The van der Waals surface area contributed by atoms with Crippen molar-refractivity contribution >= 4 is 24.0 Å². The van der Waals surface area contributed by atoms with Crippen LogP contribution in [0.4, 0.5) is 0 Å². The first-order valence-electron chi connectivity index (χ1n) is 12.8. The van der Waals surface area contributed by atoms with Crippen molar-refractivity contribution < 1.29 is 0 Å². The van der Waals surface area contributed by atoms with E-state index in [-0.39, 0.29) is 0 Å². The minimum absolute atomic E-state index is 0.656. The zero-order valence-corrected chi connectivity index (χ0v) is 21.9. The predicted octanol–water partition coefficient (Wildman–Crippen LogP) is 8.66. The summed E-state index contributed by atoms with van der Waals surface area (Å²) in [6.45, 7) is 8.14. The molecule has 0 N–H and O–H groups in total. The molecule has 2 aromatic rings. The second-order valence-corrected chi connectivity index (χ2v) is 17.8. The van der Waals surface area contributed by atoms with E-state index in [2.05, 4.69) is 84.5 Å². The SMILES string of the molecule is CC1CC2C(Br)C3CCCCC3CC2C1[Si](C)(C)C1c2ccccc2-c2ccccc21. The summed E-state index contributed by atoms with van der Waals surface area (Å²) in [5.41, 5.74) is 7.89. The molecule has 2 heteroatoms. The molecular weight excluding hydrogens is 456 g/mol. The van der Waals surface area contributed by atoms with Crippen LogP contribution in [0.3, 0.4) is 0 Å². The summed E-state index contributed by atoms with van der Waals surface area (Å²) in [5.74, 6) is 4.67. The summed E-state index contributed by atoms with van der Waals surface area (Å²) < 4.78 is 0. The van der Waals surface area contributed by atoms with Crippen LogP contribution in [0.2, 0.25) is 18.6 Å². The first kappa shape index (κ1) is 20.7. The van der Waals surface area contributed by atoms with E-state index in [1.807, 2.05) is 0 Å². The number of benzene rings is 2. The van der Waals surface area contributed by atoms with Gasteiger partial charge >= 0.3 is 0 Å². The monoisotopic (exact) mass is 492 g/mol. The van der Waals surface area contributed by atoms with E-state index in [1.165, 1.54) is 49.7 Å². The molecule has 0 amide bonds. The summed E-state index contributed by atoms with van der Waals surface area (Å²) in [6.07, 6.45) is 8.90. The average molecular weight is 494 g/mol. The number of hydrogen-bond acceptors (Lipinski definition) is 0. The molecule has 6 rings (SSSR count). The van der Waals surface area contributed by atoms with E-state index in [4.69, 9.17) is 0 Å². The minimum atomic E-state index is -1.62. The second kappa shape index (κ2) is 7.59. The van der Waals surface area contributed by atoms with Gasteiger partial charge in [-0.05, 0) is 76.6 Å². The van der Waals surface area contributed by atoms with E-state index < -0.39 is 8.07 Å². The van der Waals surface area contributed by atoms with Gasteiger partial charge in [0.25, 0.3) is 0 Å². The van der Waals surface area contributed by atoms with Gasteiger partial charge in [-0.15, -0.1) is 0 Å². The van der Waals surface area contributed by atoms with Crippen molar-refractivity contribution in [2.45, 2.75) is 74.5 Å². The Kier molecular flexibility index (Phi) is 5.07. The molecule has 0 spiro atoms. The smallest absolute Gasteiger partial charge is 0.0640 e. The van der Waals surface area contributed by atoms with Crippen molar-refractivity contribution in [1.29, 1.82) is 0 Å². The normalized spacial score (nSPS) is 37.1. The molecule has 0 heterocycles. The van der Waals surface area contributed by atoms with Gasteiger partial charge in [0.05, 0.1) is 8.07 Å². The lowest BCUT2D eigenvalue weighted by Crippen LogP contribution is -2.48. The van der Waals surface area contributed by atoms with Gasteiger partial charge in [-0.2, -0.15) is 0 Å². The van der Waals surface area contributed by atoms with Crippen LogP contribution in [0.15, 0.2) is 48.5 Å². The fraction of sp³-hybridized carbons (Fsp3) is 0.586. The summed E-state index contributed by atoms with van der Waals surface area (Å²) in [7, 11) is -1.62. The lowest BCUT2D eigenvalue weighted by molar-refractivity contribution is 0.104. The number of fused-ring (bicyclic) bond motifs is 5. The molecule has 0 aliphatic heterocycles. The van der Waals surface area contributed by atoms with Crippen molar-refractivity contribution in [3.05, 3.63) is 59.7 Å². The molecule has 3 saturated carbocycles. The first-order chi connectivity index (χ1) is 15.0. The van der Waals surface area contributed by atoms with Crippen molar-refractivity contribution in [3.8, 4) is 11.1 Å². The highest BCUT2D eigenvalue weighted by Gasteiger charge is 2.58. The van der Waals surface area contributed by atoms with Gasteiger partial charge in [-0.1, -0.05) is 104 Å². The molecule has 4 aliphatic rings. The highest BCUT2D eigenvalue weighted by Crippen LogP contribution is 2.64. The molecule has 7 atom stereocenters. The van der Waals surface area contributed by atoms with Crippen LogP contribution in [0, 0.1) is 29.6 Å². The minimum Gasteiger partial charge on any atom is -0.0884 e. The van der Waals surface area contributed by atoms with Crippen molar-refractivity contribution in [1.82, 2.24) is 0 Å². The standard InChI is InChI=1S/C29H37BrSi/c1-18-16-25-26(17-19-10-4-5-11-20(19)27(25)30)28(18)31(2,3)29-23-14-8-6-12-21(23)22-13-7-9-15-24(22)29/h6-9,12-15,18-20,25-29H,4-5,10-11,16-17H2,1-3H3. The highest BCUT2D eigenvalue weighted by atomic mass is 79.9. The Labute approximate surface area is 198 Å². The van der Waals surface area contributed by atoms with E-state index in [1.54, 1.807) is 11.1 Å². The largest absolute Gasteiger partial charge is 0.0884 e. The van der Waals surface area contributed by atoms with Gasteiger partial charge in [-0.25, -0.2) is 0 Å². The predicted molar refractivity (Wildman–Crippen MR) is 138 cm³/mol. The zero-order chi connectivity index (χ0) is 21.3. The van der Waals surface area contributed by atoms with E-state index in [9.17, 15) is 0 Å². The van der Waals surface area contributed by atoms with Gasteiger partial charge in [0.15, 0.2) is 0 Å². The first-order valence-corrected chi connectivity index (χ1v) is 16.9. The fourth-order valence-corrected chi connectivity index (χ4v) is 16.1. The van der Waals surface area contributed by atoms with E-state index in [0.717, 1.165) is 40.0 Å². The zero-order valence-electron chi connectivity index (χ0n) is 19.4. The Balaban J connectivity index is 1.41. The van der Waals surface area contributed by atoms with Crippen LogP contribution in [0.25, 0.3) is 11.1 Å². The maximum Gasteiger partial charge on any atom is 0.0640 e. The molecule has 0 nitrogen and oxygen atoms in total. The van der Waals surface area contributed by atoms with Crippen molar-refractivity contribution in [3.63, 3.8) is 0 Å². The number of hydrogen-bond donors (Lipinski definition) is 0. The third-order valence-corrected chi connectivity index (χ3v) is 16.2. The Morgan fingerprint density at radius 3 is 2.06 bits per heavy atom. The Morgan fingerprint density at radius 1 is 0.774 bits per heavy atom. The van der Waals surface area contributed by atoms with Crippen LogP contribution in [0.1, 0.15) is 62.1 Å². The Morgan fingerprint density at radius 2 is 1.39 bits per heavy atom. The number of alkyl halides is 1. The summed E-state index contributed by atoms with van der Waals surface area (Å²) in [4.78, 5) is 0.775. The molecular formula is C29H37BrSi. The quantitative estimate of drug-likeness (QED) is 0.290. The Bertz CT molecular complexity index is 935. The fourth-order valence-electron chi connectivity index (χ4n) is 9.18. The number of halogens is 1. The number of rotatable bonds is 2. The maximum atomic E-state index is 4.31. The van der Waals surface area contributed by atoms with Gasteiger partial charge in [0.2, 0.25) is 0 Å². The molecule has 2 aromatic carbocycles. The van der Waals surface area contributed by atoms with E-state index >= 15 is 0 Å². The van der Waals surface area contributed by atoms with Gasteiger partial charge in [0, 0.05) is 10.4 Å². The van der Waals surface area contributed by atoms with Gasteiger partial charge in [-0.3, -0.25) is 0 Å². The van der Waals surface area contributed by atoms with Gasteiger partial charge < -0.3 is 0 Å². The van der Waals surface area contributed by atoms with Crippen LogP contribution < -0.4 is 0 Å². The van der Waals surface area contributed by atoms with Gasteiger partial charge in [0.1, 0.15) is 0 Å². The van der Waals surface area contributed by atoms with Crippen LogP contribution in [0.5, 0.6) is 0 Å². The molecule has 0 aromatic heterocycles. The third-order valence-electron chi connectivity index (χ3n) is 10.1. The summed E-state index contributed by atoms with van der Waals surface area (Å²) >= 11 is 4.31. The second-order valence-electron chi connectivity index (χ2n) is 11.9. The molecule has 0 radical (unpaired) electrons. The molecule has 4 aliphatic carbocycles. The Hall–Kier alpha value is -0.863. The summed E-state index contributed by atoms with van der Waals surface area (Å²) in [5, 5.41) is 0. The molecule has 31 heavy (non-hydrogen) atoms. The molecule has 164 valence electrons.